The van der Waals surface area contributed by atoms with Crippen molar-refractivity contribution in [2.45, 2.75) is 61.9 Å². The highest BCUT2D eigenvalue weighted by molar-refractivity contribution is 7.47. The SMILES string of the molecule is CC(=O)[C@]1(n2cnc3c(N)ncnc32)O[C@@H](COP(=O)(O)OOOP(=O)(O)OOOC[C@@H]2O[C@@H](N3C=CCC(C(N)=O)=C3)[C@H](O)[C@H]2O)[C@H](O)C1OP(=O)(O)O. The fraction of sp³-hybridized carbons (Fsp3) is 0.522. The zero-order chi connectivity index (χ0) is 40.5. The highest BCUT2D eigenvalue weighted by atomic mass is 31.2. The fourth-order valence-electron chi connectivity index (χ4n) is 5.41. The van der Waals surface area contributed by atoms with Gasteiger partial charge in [0.2, 0.25) is 11.6 Å². The predicted molar refractivity (Wildman–Crippen MR) is 167 cm³/mol. The number of phosphoric ester groups is 2. The Labute approximate surface area is 305 Å². The number of primary amides is 1. The number of nitrogen functional groups attached to an aromatic ring is 1. The molecule has 5 heterocycles. The molecule has 0 radical (unpaired) electrons. The van der Waals surface area contributed by atoms with Crippen molar-refractivity contribution in [3.8, 4) is 0 Å². The standard InChI is InChI=1S/C23H32N7O22P3/c1-10(31)23(30-9-28-14-19(24)26-8-27-21(14)30)18(47-53(36,37)38)16(33)13(46-23)7-44-54(39,40)51-49-52-55(41,42)50-48-43-6-12-15(32)17(34)22(45-12)29-4-2-3-11(5-29)20(25)35/h2,4-5,8-9,12-13,15-18,22,32-34H,3,6-7H2,1H3,(H2,25,35)(H,39,40)(H,41,42)(H2,24,26,27)(H2,36,37,38)/t12-,13-,15-,16-,17+,18?,22+,23-/m0/s1. The number of Topliss-reactive ketones (excluding diaryl/α,β-unsaturated/α-hetero) is 1. The number of carbonyl (C=O) groups excluding carboxylic acids is 2. The lowest BCUT2D eigenvalue weighted by atomic mass is 9.99. The summed E-state index contributed by atoms with van der Waals surface area (Å²) in [4.78, 5) is 80.7. The normalized spacial score (nSPS) is 30.7. The van der Waals surface area contributed by atoms with E-state index < -0.39 is 96.9 Å². The zero-order valence-electron chi connectivity index (χ0n) is 27.5. The summed E-state index contributed by atoms with van der Waals surface area (Å²) < 4.78 is 69.3. The third-order valence-corrected chi connectivity index (χ3v) is 9.53. The Hall–Kier alpha value is -3.22. The van der Waals surface area contributed by atoms with Crippen molar-refractivity contribution in [3.05, 3.63) is 36.7 Å². The molecule has 0 saturated carbocycles. The number of anilines is 1. The molecule has 11 N–H and O–H groups in total. The summed E-state index contributed by atoms with van der Waals surface area (Å²) in [5, 5.41) is 39.4. The molecule has 306 valence electrons. The number of ketones is 1. The molecule has 3 aliphatic heterocycles. The summed E-state index contributed by atoms with van der Waals surface area (Å²) in [5.41, 5.74) is 8.26. The summed E-state index contributed by atoms with van der Waals surface area (Å²) in [7, 11) is -16.5. The number of hydrogen-bond acceptors (Lipinski definition) is 23. The first-order valence-corrected chi connectivity index (χ1v) is 19.5. The molecule has 3 unspecified atom stereocenters. The van der Waals surface area contributed by atoms with Crippen LogP contribution in [0.5, 0.6) is 0 Å². The van der Waals surface area contributed by atoms with Gasteiger partial charge in [-0.05, 0) is 18.4 Å². The van der Waals surface area contributed by atoms with Crippen LogP contribution >= 0.6 is 23.5 Å². The van der Waals surface area contributed by atoms with Crippen LogP contribution in [-0.2, 0) is 76.5 Å². The second-order valence-corrected chi connectivity index (χ2v) is 15.2. The number of nitrogens with zero attached hydrogens (tertiary/aromatic N) is 5. The molecule has 3 aliphatic rings. The number of allylic oxidation sites excluding steroid dienone is 1. The molecule has 0 aliphatic carbocycles. The number of imidazole rings is 1. The first-order chi connectivity index (χ1) is 25.7. The van der Waals surface area contributed by atoms with Gasteiger partial charge in [-0.1, -0.05) is 25.1 Å². The fourth-order valence-corrected chi connectivity index (χ4v) is 6.76. The molecule has 1 amide bonds. The summed E-state index contributed by atoms with van der Waals surface area (Å²) in [6.45, 7) is -1.07. The largest absolute Gasteiger partial charge is 0.531 e. The Morgan fingerprint density at radius 3 is 2.33 bits per heavy atom. The van der Waals surface area contributed by atoms with Crippen LogP contribution in [0, 0.1) is 0 Å². The van der Waals surface area contributed by atoms with E-state index in [2.05, 4.69) is 48.5 Å². The molecule has 2 fully saturated rings. The number of amides is 1. The van der Waals surface area contributed by atoms with Crippen molar-refractivity contribution >= 4 is 52.1 Å². The van der Waals surface area contributed by atoms with Gasteiger partial charge in [0, 0.05) is 18.0 Å². The molecular formula is C23H32N7O22P3. The second-order valence-electron chi connectivity index (χ2n) is 11.4. The lowest BCUT2D eigenvalue weighted by Gasteiger charge is -2.33. The van der Waals surface area contributed by atoms with E-state index in [1.54, 1.807) is 6.08 Å². The Morgan fingerprint density at radius 2 is 1.65 bits per heavy atom. The van der Waals surface area contributed by atoms with E-state index in [0.29, 0.717) is 0 Å². The van der Waals surface area contributed by atoms with E-state index in [1.807, 2.05) is 0 Å². The van der Waals surface area contributed by atoms with E-state index in [0.717, 1.165) is 24.1 Å². The van der Waals surface area contributed by atoms with Crippen molar-refractivity contribution in [2.75, 3.05) is 18.9 Å². The molecule has 2 aromatic heterocycles. The van der Waals surface area contributed by atoms with Crippen LogP contribution < -0.4 is 11.5 Å². The average Bonchev–Trinajstić information content (AvgIpc) is 3.74. The number of nitrogens with two attached hydrogens (primary N) is 2. The highest BCUT2D eigenvalue weighted by Gasteiger charge is 2.63. The minimum Gasteiger partial charge on any atom is -0.387 e. The number of ether oxygens (including phenoxy) is 2. The van der Waals surface area contributed by atoms with E-state index >= 15 is 0 Å². The molecule has 0 aromatic carbocycles. The van der Waals surface area contributed by atoms with Crippen LogP contribution in [-0.4, -0.2) is 127 Å². The smallest absolute Gasteiger partial charge is 0.387 e. The van der Waals surface area contributed by atoms with Gasteiger partial charge in [0.25, 0.3) is 0 Å². The molecule has 32 heteroatoms. The minimum absolute atomic E-state index is 0.0932. The van der Waals surface area contributed by atoms with Crippen molar-refractivity contribution in [1.82, 2.24) is 24.4 Å². The van der Waals surface area contributed by atoms with Gasteiger partial charge < -0.3 is 55.8 Å². The first-order valence-electron chi connectivity index (χ1n) is 15.0. The number of phosphoric acid groups is 3. The van der Waals surface area contributed by atoms with Gasteiger partial charge in [0.15, 0.2) is 29.6 Å². The van der Waals surface area contributed by atoms with Gasteiger partial charge in [-0.15, -0.1) is 0 Å². The minimum atomic E-state index is -5.52. The molecular weight excluding hydrogens is 819 g/mol. The maximum absolute atomic E-state index is 13.1. The maximum Gasteiger partial charge on any atom is 0.531 e. The topological polar surface area (TPSA) is 418 Å². The summed E-state index contributed by atoms with van der Waals surface area (Å²) >= 11 is 0. The number of aliphatic hydroxyl groups excluding tert-OH is 3. The van der Waals surface area contributed by atoms with Gasteiger partial charge in [-0.2, -0.15) is 0 Å². The lowest BCUT2D eigenvalue weighted by Crippen LogP contribution is -2.51. The first kappa shape index (κ1) is 42.9. The number of aromatic nitrogens is 4. The number of hydrogen-bond donors (Lipinski definition) is 9. The number of carbonyl (C=O) groups is 2. The van der Waals surface area contributed by atoms with Gasteiger partial charge in [0.1, 0.15) is 55.3 Å². The quantitative estimate of drug-likeness (QED) is 0.0310. The van der Waals surface area contributed by atoms with Crippen molar-refractivity contribution < 1.29 is 106 Å². The molecule has 29 nitrogen and oxygen atoms in total. The van der Waals surface area contributed by atoms with Crippen LogP contribution in [0.1, 0.15) is 13.3 Å². The van der Waals surface area contributed by atoms with E-state index in [1.165, 1.54) is 17.3 Å². The predicted octanol–water partition coefficient (Wildman–Crippen LogP) is -3.10. The maximum atomic E-state index is 13.1. The Bertz CT molecular complexity index is 1960. The Kier molecular flexibility index (Phi) is 13.0. The monoisotopic (exact) mass is 851 g/mol. The van der Waals surface area contributed by atoms with Gasteiger partial charge >= 0.3 is 23.5 Å². The molecule has 2 aromatic rings. The highest BCUT2D eigenvalue weighted by Crippen LogP contribution is 2.51. The average molecular weight is 851 g/mol. The molecule has 0 spiro atoms. The van der Waals surface area contributed by atoms with Crippen LogP contribution in [0.2, 0.25) is 0 Å². The number of rotatable bonds is 18. The van der Waals surface area contributed by atoms with Gasteiger partial charge in [0.05, 0.1) is 6.61 Å². The summed E-state index contributed by atoms with van der Waals surface area (Å²) in [6.07, 6.45) is -5.66. The van der Waals surface area contributed by atoms with Crippen LogP contribution in [0.3, 0.4) is 0 Å². The molecule has 10 atom stereocenters. The molecule has 0 bridgehead atoms. The van der Waals surface area contributed by atoms with Crippen LogP contribution in [0.25, 0.3) is 11.2 Å². The van der Waals surface area contributed by atoms with Crippen molar-refractivity contribution in [3.63, 3.8) is 0 Å². The Morgan fingerprint density at radius 1 is 0.964 bits per heavy atom. The molecule has 5 rings (SSSR count). The zero-order valence-corrected chi connectivity index (χ0v) is 30.2. The van der Waals surface area contributed by atoms with Gasteiger partial charge in [-0.25, -0.2) is 33.5 Å². The third-order valence-electron chi connectivity index (χ3n) is 7.81. The van der Waals surface area contributed by atoms with Crippen molar-refractivity contribution in [1.29, 1.82) is 0 Å². The van der Waals surface area contributed by atoms with Crippen LogP contribution in [0.4, 0.5) is 5.82 Å². The lowest BCUT2D eigenvalue weighted by molar-refractivity contribution is -0.494. The van der Waals surface area contributed by atoms with E-state index in [9.17, 15) is 58.2 Å². The number of fused-ring (bicyclic) bond motifs is 1. The van der Waals surface area contributed by atoms with Gasteiger partial charge in [-0.3, -0.25) is 28.1 Å². The van der Waals surface area contributed by atoms with Crippen molar-refractivity contribution in [2.24, 2.45) is 5.73 Å². The van der Waals surface area contributed by atoms with Crippen LogP contribution in [0.15, 0.2) is 36.7 Å². The van der Waals surface area contributed by atoms with E-state index in [-0.39, 0.29) is 29.0 Å². The Balaban J connectivity index is 1.12. The molecule has 2 saturated heterocycles. The van der Waals surface area contributed by atoms with E-state index in [4.69, 9.17) is 25.5 Å². The summed E-state index contributed by atoms with van der Waals surface area (Å²) in [6, 6.07) is 0. The molecule has 55 heavy (non-hydrogen) atoms. The number of aliphatic hydroxyl groups is 3. The third kappa shape index (κ3) is 9.67. The second kappa shape index (κ2) is 16.7. The summed E-state index contributed by atoms with van der Waals surface area (Å²) in [5.74, 6) is -1.94.